The summed E-state index contributed by atoms with van der Waals surface area (Å²) in [6.45, 7) is 0.837. The van der Waals surface area contributed by atoms with E-state index in [1.807, 2.05) is 12.1 Å². The Bertz CT molecular complexity index is 638. The van der Waals surface area contributed by atoms with Crippen LogP contribution in [0.5, 0.6) is 5.75 Å². The van der Waals surface area contributed by atoms with Crippen molar-refractivity contribution in [2.75, 3.05) is 12.0 Å². The third-order valence-electron chi connectivity index (χ3n) is 3.59. The summed E-state index contributed by atoms with van der Waals surface area (Å²) in [5.74, 6) is 0.314. The molecule has 1 aliphatic rings. The molecule has 1 heterocycles. The molecule has 0 saturated heterocycles. The summed E-state index contributed by atoms with van der Waals surface area (Å²) >= 11 is 1.73. The number of rotatable bonds is 6. The smallest absolute Gasteiger partial charge is 0.311 e. The first-order valence-electron chi connectivity index (χ1n) is 6.80. The Morgan fingerprint density at radius 1 is 1.43 bits per heavy atom. The van der Waals surface area contributed by atoms with E-state index < -0.39 is 4.92 Å². The summed E-state index contributed by atoms with van der Waals surface area (Å²) in [5.41, 5.74) is 0.987. The number of nitro groups is 1. The molecule has 3 rings (SSSR count). The van der Waals surface area contributed by atoms with Gasteiger partial charge in [-0.05, 0) is 30.4 Å². The normalized spacial score (nSPS) is 14.0. The van der Waals surface area contributed by atoms with Crippen molar-refractivity contribution in [1.82, 2.24) is 0 Å². The second-order valence-corrected chi connectivity index (χ2v) is 6.08. The SMILES string of the molecule is COc1cc(N(Cc2cccs2)C2CC2)ccc1[N+](=O)[O-]. The third kappa shape index (κ3) is 3.00. The average molecular weight is 304 g/mol. The number of ether oxygens (including phenoxy) is 1. The lowest BCUT2D eigenvalue weighted by Crippen LogP contribution is -2.24. The fourth-order valence-electron chi connectivity index (χ4n) is 2.38. The van der Waals surface area contributed by atoms with E-state index in [-0.39, 0.29) is 5.69 Å². The van der Waals surface area contributed by atoms with Crippen LogP contribution in [0.3, 0.4) is 0 Å². The molecule has 6 heteroatoms. The standard InChI is InChI=1S/C15H16N2O3S/c1-20-15-9-12(6-7-14(15)17(18)19)16(11-4-5-11)10-13-3-2-8-21-13/h2-3,6-9,11H,4-5,10H2,1H3. The van der Waals surface area contributed by atoms with Gasteiger partial charge in [0, 0.05) is 28.7 Å². The van der Waals surface area contributed by atoms with Crippen molar-refractivity contribution >= 4 is 22.7 Å². The van der Waals surface area contributed by atoms with Crippen molar-refractivity contribution in [2.45, 2.75) is 25.4 Å². The minimum Gasteiger partial charge on any atom is -0.490 e. The van der Waals surface area contributed by atoms with Crippen LogP contribution in [-0.4, -0.2) is 18.1 Å². The lowest BCUT2D eigenvalue weighted by molar-refractivity contribution is -0.385. The summed E-state index contributed by atoms with van der Waals surface area (Å²) in [6.07, 6.45) is 2.34. The van der Waals surface area contributed by atoms with E-state index >= 15 is 0 Å². The molecule has 0 radical (unpaired) electrons. The van der Waals surface area contributed by atoms with E-state index in [9.17, 15) is 10.1 Å². The molecule has 5 nitrogen and oxygen atoms in total. The molecule has 21 heavy (non-hydrogen) atoms. The van der Waals surface area contributed by atoms with Crippen molar-refractivity contribution in [1.29, 1.82) is 0 Å². The van der Waals surface area contributed by atoms with Gasteiger partial charge in [0.15, 0.2) is 5.75 Å². The first-order chi connectivity index (χ1) is 10.2. The van der Waals surface area contributed by atoms with Crippen molar-refractivity contribution in [3.63, 3.8) is 0 Å². The highest BCUT2D eigenvalue weighted by molar-refractivity contribution is 7.09. The molecule has 1 aromatic heterocycles. The minimum absolute atomic E-state index is 0.00752. The maximum absolute atomic E-state index is 11.0. The van der Waals surface area contributed by atoms with Gasteiger partial charge >= 0.3 is 5.69 Å². The molecule has 0 amide bonds. The topological polar surface area (TPSA) is 55.6 Å². The van der Waals surface area contributed by atoms with Gasteiger partial charge in [0.25, 0.3) is 0 Å². The van der Waals surface area contributed by atoms with Crippen molar-refractivity contribution in [3.05, 3.63) is 50.7 Å². The number of hydrogen-bond acceptors (Lipinski definition) is 5. The number of nitro benzene ring substituents is 1. The molecular weight excluding hydrogens is 288 g/mol. The van der Waals surface area contributed by atoms with Crippen LogP contribution in [0.2, 0.25) is 0 Å². The zero-order valence-electron chi connectivity index (χ0n) is 11.7. The van der Waals surface area contributed by atoms with Gasteiger partial charge in [-0.15, -0.1) is 11.3 Å². The summed E-state index contributed by atoms with van der Waals surface area (Å²) in [4.78, 5) is 14.2. The molecule has 0 N–H and O–H groups in total. The largest absolute Gasteiger partial charge is 0.490 e. The maximum Gasteiger partial charge on any atom is 0.311 e. The van der Waals surface area contributed by atoms with Crippen LogP contribution in [0.15, 0.2) is 35.7 Å². The van der Waals surface area contributed by atoms with Crippen LogP contribution in [0, 0.1) is 10.1 Å². The Hall–Kier alpha value is -2.08. The zero-order chi connectivity index (χ0) is 14.8. The Labute approximate surface area is 126 Å². The summed E-state index contributed by atoms with van der Waals surface area (Å²) in [7, 11) is 1.47. The van der Waals surface area contributed by atoms with Crippen LogP contribution in [0.4, 0.5) is 11.4 Å². The van der Waals surface area contributed by atoms with Gasteiger partial charge in [-0.2, -0.15) is 0 Å². The molecule has 0 bridgehead atoms. The molecule has 2 aromatic rings. The molecule has 1 fully saturated rings. The van der Waals surface area contributed by atoms with Crippen LogP contribution in [-0.2, 0) is 6.54 Å². The lowest BCUT2D eigenvalue weighted by atomic mass is 10.2. The van der Waals surface area contributed by atoms with E-state index in [1.165, 1.54) is 30.9 Å². The van der Waals surface area contributed by atoms with E-state index in [4.69, 9.17) is 4.74 Å². The molecule has 1 aliphatic carbocycles. The molecule has 0 aliphatic heterocycles. The van der Waals surface area contributed by atoms with Gasteiger partial charge in [-0.1, -0.05) is 6.07 Å². The van der Waals surface area contributed by atoms with Crippen LogP contribution < -0.4 is 9.64 Å². The van der Waals surface area contributed by atoms with Gasteiger partial charge < -0.3 is 9.64 Å². The monoisotopic (exact) mass is 304 g/mol. The van der Waals surface area contributed by atoms with Crippen LogP contribution in [0.1, 0.15) is 17.7 Å². The van der Waals surface area contributed by atoms with Gasteiger partial charge in [0.2, 0.25) is 0 Å². The highest BCUT2D eigenvalue weighted by atomic mass is 32.1. The van der Waals surface area contributed by atoms with E-state index in [2.05, 4.69) is 16.3 Å². The van der Waals surface area contributed by atoms with Crippen molar-refractivity contribution in [3.8, 4) is 5.75 Å². The van der Waals surface area contributed by atoms with Gasteiger partial charge in [0.1, 0.15) is 0 Å². The van der Waals surface area contributed by atoms with E-state index in [0.29, 0.717) is 11.8 Å². The van der Waals surface area contributed by atoms with Gasteiger partial charge in [-0.3, -0.25) is 10.1 Å². The molecular formula is C15H16N2O3S. The number of nitrogens with zero attached hydrogens (tertiary/aromatic N) is 2. The molecule has 1 saturated carbocycles. The first-order valence-corrected chi connectivity index (χ1v) is 7.68. The summed E-state index contributed by atoms with van der Waals surface area (Å²) < 4.78 is 5.17. The van der Waals surface area contributed by atoms with Crippen LogP contribution in [0.25, 0.3) is 0 Å². The van der Waals surface area contributed by atoms with E-state index in [0.717, 1.165) is 12.2 Å². The van der Waals surface area contributed by atoms with Crippen molar-refractivity contribution < 1.29 is 9.66 Å². The van der Waals surface area contributed by atoms with Gasteiger partial charge in [0.05, 0.1) is 18.6 Å². The fraction of sp³-hybridized carbons (Fsp3) is 0.333. The van der Waals surface area contributed by atoms with E-state index in [1.54, 1.807) is 17.4 Å². The number of anilines is 1. The minimum atomic E-state index is -0.413. The predicted octanol–water partition coefficient (Wildman–Crippen LogP) is 3.83. The quantitative estimate of drug-likeness (QED) is 0.601. The number of methoxy groups -OCH3 is 1. The Kier molecular flexibility index (Phi) is 3.79. The molecule has 0 atom stereocenters. The Morgan fingerprint density at radius 2 is 2.24 bits per heavy atom. The Balaban J connectivity index is 1.90. The maximum atomic E-state index is 11.0. The van der Waals surface area contributed by atoms with Crippen LogP contribution >= 0.6 is 11.3 Å². The molecule has 110 valence electrons. The predicted molar refractivity (Wildman–Crippen MR) is 83.2 cm³/mol. The second-order valence-electron chi connectivity index (χ2n) is 5.05. The third-order valence-corrected chi connectivity index (χ3v) is 4.45. The number of hydrogen-bond donors (Lipinski definition) is 0. The molecule has 0 unspecified atom stereocenters. The summed E-state index contributed by atoms with van der Waals surface area (Å²) in [6, 6.07) is 9.79. The first kappa shape index (κ1) is 13.9. The average Bonchev–Trinajstić information content (AvgIpc) is 3.20. The number of benzene rings is 1. The second kappa shape index (κ2) is 5.73. The zero-order valence-corrected chi connectivity index (χ0v) is 12.5. The lowest BCUT2D eigenvalue weighted by Gasteiger charge is -2.24. The highest BCUT2D eigenvalue weighted by Gasteiger charge is 2.30. The molecule has 1 aromatic carbocycles. The van der Waals surface area contributed by atoms with Crippen molar-refractivity contribution in [2.24, 2.45) is 0 Å². The summed E-state index contributed by atoms with van der Waals surface area (Å²) in [5, 5.41) is 13.0. The Morgan fingerprint density at radius 3 is 2.81 bits per heavy atom. The molecule has 0 spiro atoms. The highest BCUT2D eigenvalue weighted by Crippen LogP contribution is 2.37. The number of thiophene rings is 1. The van der Waals surface area contributed by atoms with Gasteiger partial charge in [-0.25, -0.2) is 0 Å². The fourth-order valence-corrected chi connectivity index (χ4v) is 3.09.